The zero-order chi connectivity index (χ0) is 21.4. The lowest BCUT2D eigenvalue weighted by molar-refractivity contribution is -0.0716. The summed E-state index contributed by atoms with van der Waals surface area (Å²) in [5.41, 5.74) is 1.35. The number of fused-ring (bicyclic) bond motifs is 1. The van der Waals surface area contributed by atoms with E-state index in [0.717, 1.165) is 25.7 Å². The average molecular weight is 455 g/mol. The highest BCUT2D eigenvalue weighted by atomic mass is 35.5. The van der Waals surface area contributed by atoms with Gasteiger partial charge >= 0.3 is 0 Å². The second kappa shape index (κ2) is 7.90. The fourth-order valence-electron chi connectivity index (χ4n) is 3.85. The number of hydrogen-bond acceptors (Lipinski definition) is 5. The first kappa shape index (κ1) is 19.9. The third-order valence-electron chi connectivity index (χ3n) is 5.38. The van der Waals surface area contributed by atoms with Crippen molar-refractivity contribution in [1.29, 1.82) is 0 Å². The van der Waals surface area contributed by atoms with Crippen LogP contribution in [0.2, 0.25) is 5.02 Å². The van der Waals surface area contributed by atoms with Gasteiger partial charge in [-0.05, 0) is 54.6 Å². The molecule has 1 aliphatic heterocycles. The first-order valence-corrected chi connectivity index (χ1v) is 11.2. The van der Waals surface area contributed by atoms with Gasteiger partial charge in [-0.2, -0.15) is 0 Å². The summed E-state index contributed by atoms with van der Waals surface area (Å²) in [5, 5.41) is 7.80. The Kier molecular flexibility index (Phi) is 5.08. The van der Waals surface area contributed by atoms with E-state index < -0.39 is 5.79 Å². The summed E-state index contributed by atoms with van der Waals surface area (Å²) < 4.78 is 12.1. The molecule has 31 heavy (non-hydrogen) atoms. The molecule has 0 atom stereocenters. The van der Waals surface area contributed by atoms with Crippen molar-refractivity contribution in [2.24, 2.45) is 0 Å². The Morgan fingerprint density at radius 1 is 0.935 bits per heavy atom. The van der Waals surface area contributed by atoms with Gasteiger partial charge in [-0.15, -0.1) is 11.3 Å². The van der Waals surface area contributed by atoms with E-state index in [2.05, 4.69) is 10.6 Å². The molecule has 2 aromatic carbocycles. The van der Waals surface area contributed by atoms with Crippen LogP contribution < -0.4 is 20.1 Å². The Labute approximate surface area is 188 Å². The van der Waals surface area contributed by atoms with Crippen LogP contribution in [0, 0.1) is 0 Å². The molecule has 158 valence electrons. The van der Waals surface area contributed by atoms with Crippen molar-refractivity contribution in [2.75, 3.05) is 10.6 Å². The minimum absolute atomic E-state index is 0.272. The van der Waals surface area contributed by atoms with Crippen LogP contribution in [0.1, 0.15) is 45.7 Å². The molecular weight excluding hydrogens is 436 g/mol. The molecule has 1 saturated carbocycles. The molecule has 2 N–H and O–H groups in total. The first-order valence-electron chi connectivity index (χ1n) is 9.99. The first-order chi connectivity index (χ1) is 15.0. The number of carbonyl (C=O) groups excluding carboxylic acids is 2. The number of halogens is 1. The lowest BCUT2D eigenvalue weighted by atomic mass is 10.1. The van der Waals surface area contributed by atoms with E-state index in [1.807, 2.05) is 11.4 Å². The number of nitrogens with one attached hydrogen (secondary N) is 2. The van der Waals surface area contributed by atoms with E-state index in [9.17, 15) is 9.59 Å². The maximum Gasteiger partial charge on any atom is 0.265 e. The Bertz CT molecular complexity index is 1160. The monoisotopic (exact) mass is 454 g/mol. The second-order valence-electron chi connectivity index (χ2n) is 7.56. The fourth-order valence-corrected chi connectivity index (χ4v) is 4.63. The van der Waals surface area contributed by atoms with Gasteiger partial charge in [0.1, 0.15) is 0 Å². The highest BCUT2D eigenvalue weighted by molar-refractivity contribution is 7.12. The van der Waals surface area contributed by atoms with Crippen LogP contribution in [-0.2, 0) is 0 Å². The summed E-state index contributed by atoms with van der Waals surface area (Å²) in [6.07, 6.45) is 3.90. The number of amides is 2. The molecule has 2 amide bonds. The number of ether oxygens (including phenoxy) is 2. The zero-order valence-electron chi connectivity index (χ0n) is 16.4. The maximum atomic E-state index is 12.8. The minimum Gasteiger partial charge on any atom is -0.448 e. The van der Waals surface area contributed by atoms with Crippen molar-refractivity contribution in [3.8, 4) is 11.5 Å². The van der Waals surface area contributed by atoms with Crippen LogP contribution in [0.4, 0.5) is 11.4 Å². The molecule has 1 aliphatic carbocycles. The van der Waals surface area contributed by atoms with Crippen LogP contribution in [0.15, 0.2) is 53.9 Å². The maximum absolute atomic E-state index is 12.8. The Morgan fingerprint density at radius 3 is 2.52 bits per heavy atom. The molecule has 2 aliphatic rings. The van der Waals surface area contributed by atoms with Crippen molar-refractivity contribution in [2.45, 2.75) is 31.5 Å². The zero-order valence-corrected chi connectivity index (χ0v) is 18.0. The molecule has 0 radical (unpaired) electrons. The summed E-state index contributed by atoms with van der Waals surface area (Å²) in [6, 6.07) is 13.6. The fraction of sp³-hybridized carbons (Fsp3) is 0.217. The molecular formula is C23H19ClN2O4S. The summed E-state index contributed by atoms with van der Waals surface area (Å²) in [4.78, 5) is 25.7. The molecule has 0 bridgehead atoms. The van der Waals surface area contributed by atoms with Gasteiger partial charge in [-0.3, -0.25) is 9.59 Å². The molecule has 0 unspecified atom stereocenters. The minimum atomic E-state index is -0.545. The molecule has 8 heteroatoms. The van der Waals surface area contributed by atoms with Gasteiger partial charge in [0.25, 0.3) is 17.6 Å². The Balaban J connectivity index is 1.31. The number of hydrogen-bond donors (Lipinski definition) is 2. The SMILES string of the molecule is O=C(Nc1ccc2c(c1)OC1(CCCC1)O2)c1ccc(Cl)c(NC(=O)c2cccs2)c1. The third kappa shape index (κ3) is 3.98. The largest absolute Gasteiger partial charge is 0.448 e. The van der Waals surface area contributed by atoms with Gasteiger partial charge in [0.05, 0.1) is 15.6 Å². The summed E-state index contributed by atoms with van der Waals surface area (Å²) in [6.45, 7) is 0. The number of thiophene rings is 1. The van der Waals surface area contributed by atoms with E-state index in [0.29, 0.717) is 38.3 Å². The van der Waals surface area contributed by atoms with E-state index in [1.165, 1.54) is 11.3 Å². The molecule has 1 spiro atoms. The predicted octanol–water partition coefficient (Wildman–Crippen LogP) is 5.95. The van der Waals surface area contributed by atoms with Gasteiger partial charge in [-0.1, -0.05) is 17.7 Å². The average Bonchev–Trinajstić information content (AvgIpc) is 3.50. The number of carbonyl (C=O) groups is 2. The predicted molar refractivity (Wildman–Crippen MR) is 121 cm³/mol. The van der Waals surface area contributed by atoms with Crippen LogP contribution in [0.5, 0.6) is 11.5 Å². The summed E-state index contributed by atoms with van der Waals surface area (Å²) in [5.74, 6) is 0.199. The van der Waals surface area contributed by atoms with Gasteiger partial charge in [0, 0.05) is 30.2 Å². The molecule has 3 aromatic rings. The van der Waals surface area contributed by atoms with Crippen molar-refractivity contribution >= 4 is 46.1 Å². The number of rotatable bonds is 4. The van der Waals surface area contributed by atoms with Crippen LogP contribution in [0.25, 0.3) is 0 Å². The molecule has 1 fully saturated rings. The van der Waals surface area contributed by atoms with E-state index in [4.69, 9.17) is 21.1 Å². The normalized spacial score (nSPS) is 15.8. The highest BCUT2D eigenvalue weighted by Gasteiger charge is 2.44. The topological polar surface area (TPSA) is 76.7 Å². The van der Waals surface area contributed by atoms with Crippen molar-refractivity contribution in [1.82, 2.24) is 0 Å². The molecule has 2 heterocycles. The Hall–Kier alpha value is -3.03. The van der Waals surface area contributed by atoms with Crippen molar-refractivity contribution in [3.05, 3.63) is 69.4 Å². The lowest BCUT2D eigenvalue weighted by Crippen LogP contribution is -2.34. The lowest BCUT2D eigenvalue weighted by Gasteiger charge is -2.21. The molecule has 5 rings (SSSR count). The molecule has 0 saturated heterocycles. The van der Waals surface area contributed by atoms with E-state index in [1.54, 1.807) is 42.5 Å². The standard InChI is InChI=1S/C23H19ClN2O4S/c24-16-7-5-14(12-17(16)26-22(28)20-4-3-11-31-20)21(27)25-15-6-8-18-19(13-15)30-23(29-18)9-1-2-10-23/h3-8,11-13H,1-2,9-10H2,(H,25,27)(H,26,28). The molecule has 1 aromatic heterocycles. The highest BCUT2D eigenvalue weighted by Crippen LogP contribution is 2.47. The van der Waals surface area contributed by atoms with E-state index in [-0.39, 0.29) is 11.8 Å². The number of benzene rings is 2. The summed E-state index contributed by atoms with van der Waals surface area (Å²) >= 11 is 7.54. The van der Waals surface area contributed by atoms with Crippen molar-refractivity contribution in [3.63, 3.8) is 0 Å². The second-order valence-corrected chi connectivity index (χ2v) is 8.92. The van der Waals surface area contributed by atoms with Crippen LogP contribution in [-0.4, -0.2) is 17.6 Å². The summed E-state index contributed by atoms with van der Waals surface area (Å²) in [7, 11) is 0. The van der Waals surface area contributed by atoms with Gasteiger partial charge in [-0.25, -0.2) is 0 Å². The van der Waals surface area contributed by atoms with Crippen molar-refractivity contribution < 1.29 is 19.1 Å². The number of anilines is 2. The third-order valence-corrected chi connectivity index (χ3v) is 6.58. The van der Waals surface area contributed by atoms with Crippen LogP contribution >= 0.6 is 22.9 Å². The quantitative estimate of drug-likeness (QED) is 0.510. The van der Waals surface area contributed by atoms with Gasteiger partial charge in [0.2, 0.25) is 0 Å². The molecule has 6 nitrogen and oxygen atoms in total. The van der Waals surface area contributed by atoms with E-state index >= 15 is 0 Å². The van der Waals surface area contributed by atoms with Gasteiger partial charge in [0.15, 0.2) is 11.5 Å². The van der Waals surface area contributed by atoms with Gasteiger partial charge < -0.3 is 20.1 Å². The van der Waals surface area contributed by atoms with Crippen LogP contribution in [0.3, 0.4) is 0 Å². The smallest absolute Gasteiger partial charge is 0.265 e. The Morgan fingerprint density at radius 2 is 1.74 bits per heavy atom.